The number of nitrogens with one attached hydrogen (secondary N) is 2. The molecule has 1 aliphatic heterocycles. The molecule has 1 saturated heterocycles. The minimum absolute atomic E-state index is 0.419. The zero-order chi connectivity index (χ0) is 21.2. The Morgan fingerprint density at radius 2 is 2.06 bits per heavy atom. The van der Waals surface area contributed by atoms with Crippen LogP contribution in [0.15, 0.2) is 60.9 Å². The number of aromatic amines is 1. The Bertz CT molecular complexity index is 1210. The van der Waals surface area contributed by atoms with Crippen LogP contribution in [0.4, 0.5) is 5.82 Å². The van der Waals surface area contributed by atoms with Crippen molar-refractivity contribution in [2.75, 3.05) is 18.5 Å². The van der Waals surface area contributed by atoms with Gasteiger partial charge in [0.15, 0.2) is 0 Å². The fourth-order valence-electron chi connectivity index (χ4n) is 4.29. The first-order valence-electron chi connectivity index (χ1n) is 10.5. The van der Waals surface area contributed by atoms with Crippen LogP contribution in [-0.4, -0.2) is 33.0 Å². The standard InChI is InChI=1S/C24H25N5OS/c25-24(31)18-3-1-2-17(13-18)21-15-29(19-7-10-30-11-8-19)22-12-16(4-5-20(21)22)14-26-23-6-9-27-28-23/h1-6,9,12-13,15,19H,7-8,10-11,14H2,(H2,25,31)(H2,26,27,28). The van der Waals surface area contributed by atoms with Gasteiger partial charge in [-0.2, -0.15) is 5.10 Å². The molecular formula is C24H25N5OS. The predicted octanol–water partition coefficient (Wildman–Crippen LogP) is 4.63. The lowest BCUT2D eigenvalue weighted by atomic mass is 10.0. The largest absolute Gasteiger partial charge is 0.389 e. The van der Waals surface area contributed by atoms with Crippen LogP contribution in [0.2, 0.25) is 0 Å². The molecule has 0 amide bonds. The molecule has 6 nitrogen and oxygen atoms in total. The van der Waals surface area contributed by atoms with Crippen molar-refractivity contribution < 1.29 is 4.74 Å². The van der Waals surface area contributed by atoms with E-state index in [2.05, 4.69) is 56.6 Å². The van der Waals surface area contributed by atoms with Crippen molar-refractivity contribution in [2.45, 2.75) is 25.4 Å². The van der Waals surface area contributed by atoms with E-state index in [-0.39, 0.29) is 0 Å². The minimum atomic E-state index is 0.419. The molecule has 4 aromatic rings. The summed E-state index contributed by atoms with van der Waals surface area (Å²) in [5, 5.41) is 11.6. The first-order chi connectivity index (χ1) is 15.2. The smallest absolute Gasteiger partial charge is 0.121 e. The zero-order valence-electron chi connectivity index (χ0n) is 17.2. The normalized spacial score (nSPS) is 14.7. The van der Waals surface area contributed by atoms with E-state index >= 15 is 0 Å². The van der Waals surface area contributed by atoms with Crippen LogP contribution in [0.3, 0.4) is 0 Å². The number of nitrogens with two attached hydrogens (primary N) is 1. The van der Waals surface area contributed by atoms with E-state index < -0.39 is 0 Å². The fraction of sp³-hybridized carbons (Fsp3) is 0.250. The first kappa shape index (κ1) is 19.8. The molecule has 7 heteroatoms. The third-order valence-electron chi connectivity index (χ3n) is 5.92. The summed E-state index contributed by atoms with van der Waals surface area (Å²) in [5.74, 6) is 0.912. The van der Waals surface area contributed by atoms with Gasteiger partial charge in [0.25, 0.3) is 0 Å². The maximum atomic E-state index is 5.89. The maximum Gasteiger partial charge on any atom is 0.121 e. The fourth-order valence-corrected chi connectivity index (χ4v) is 4.42. The Morgan fingerprint density at radius 3 is 2.84 bits per heavy atom. The molecule has 0 aliphatic carbocycles. The Balaban J connectivity index is 1.57. The van der Waals surface area contributed by atoms with E-state index in [0.29, 0.717) is 11.0 Å². The number of thiocarbonyl (C=S) groups is 1. The summed E-state index contributed by atoms with van der Waals surface area (Å²) in [7, 11) is 0. The van der Waals surface area contributed by atoms with E-state index in [0.717, 1.165) is 49.5 Å². The summed E-state index contributed by atoms with van der Waals surface area (Å²) in [6.07, 6.45) is 6.07. The Hall–Kier alpha value is -3.16. The molecule has 1 fully saturated rings. The molecule has 2 aromatic carbocycles. The van der Waals surface area contributed by atoms with Crippen LogP contribution in [0, 0.1) is 0 Å². The molecule has 0 saturated carbocycles. The summed E-state index contributed by atoms with van der Waals surface area (Å²) < 4.78 is 8.04. The Morgan fingerprint density at radius 1 is 1.19 bits per heavy atom. The van der Waals surface area contributed by atoms with Crippen molar-refractivity contribution in [1.82, 2.24) is 14.8 Å². The average Bonchev–Trinajstić information content (AvgIpc) is 3.46. The first-order valence-corrected chi connectivity index (χ1v) is 10.9. The van der Waals surface area contributed by atoms with E-state index in [9.17, 15) is 0 Å². The second kappa shape index (κ2) is 8.53. The molecule has 158 valence electrons. The van der Waals surface area contributed by atoms with Crippen LogP contribution >= 0.6 is 12.2 Å². The van der Waals surface area contributed by atoms with Crippen LogP contribution in [0.25, 0.3) is 22.0 Å². The number of benzene rings is 2. The SMILES string of the molecule is NC(=S)c1cccc(-c2cn(C3CCOCC3)c3cc(CNc4ccn[nH]4)ccc23)c1. The molecule has 0 unspecified atom stereocenters. The van der Waals surface area contributed by atoms with Gasteiger partial charge in [0, 0.05) is 54.0 Å². The number of fused-ring (bicyclic) bond motifs is 1. The number of anilines is 1. The third-order valence-corrected chi connectivity index (χ3v) is 6.16. The van der Waals surface area contributed by atoms with E-state index in [4.69, 9.17) is 22.7 Å². The zero-order valence-corrected chi connectivity index (χ0v) is 18.0. The number of hydrogen-bond donors (Lipinski definition) is 3. The number of H-pyrrole nitrogens is 1. The van der Waals surface area contributed by atoms with Crippen molar-refractivity contribution in [1.29, 1.82) is 0 Å². The van der Waals surface area contributed by atoms with Gasteiger partial charge in [0.2, 0.25) is 0 Å². The molecule has 0 atom stereocenters. The molecule has 2 aromatic heterocycles. The van der Waals surface area contributed by atoms with Gasteiger partial charge < -0.3 is 20.4 Å². The van der Waals surface area contributed by atoms with Crippen molar-refractivity contribution >= 4 is 33.9 Å². The lowest BCUT2D eigenvalue weighted by Crippen LogP contribution is -2.19. The van der Waals surface area contributed by atoms with Gasteiger partial charge in [-0.05, 0) is 42.2 Å². The number of nitrogens with zero attached hydrogens (tertiary/aromatic N) is 2. The highest BCUT2D eigenvalue weighted by atomic mass is 32.1. The van der Waals surface area contributed by atoms with Crippen molar-refractivity contribution in [3.63, 3.8) is 0 Å². The number of aromatic nitrogens is 3. The molecule has 3 heterocycles. The van der Waals surface area contributed by atoms with Gasteiger partial charge in [-0.3, -0.25) is 5.10 Å². The highest BCUT2D eigenvalue weighted by molar-refractivity contribution is 7.80. The average molecular weight is 432 g/mol. The number of hydrogen-bond acceptors (Lipinski definition) is 4. The summed E-state index contributed by atoms with van der Waals surface area (Å²) in [5.41, 5.74) is 11.6. The van der Waals surface area contributed by atoms with Crippen LogP contribution in [-0.2, 0) is 11.3 Å². The van der Waals surface area contributed by atoms with Crippen LogP contribution in [0.1, 0.15) is 30.0 Å². The molecule has 5 rings (SSSR count). The number of rotatable bonds is 6. The monoisotopic (exact) mass is 431 g/mol. The summed E-state index contributed by atoms with van der Waals surface area (Å²) in [6.45, 7) is 2.33. The van der Waals surface area contributed by atoms with Gasteiger partial charge in [-0.25, -0.2) is 0 Å². The summed E-state index contributed by atoms with van der Waals surface area (Å²) in [4.78, 5) is 0.419. The topological polar surface area (TPSA) is 80.9 Å². The minimum Gasteiger partial charge on any atom is -0.389 e. The molecule has 0 spiro atoms. The van der Waals surface area contributed by atoms with Crippen molar-refractivity contribution in [2.24, 2.45) is 5.73 Å². The molecule has 4 N–H and O–H groups in total. The highest BCUT2D eigenvalue weighted by Gasteiger charge is 2.20. The van der Waals surface area contributed by atoms with E-state index in [1.807, 2.05) is 18.2 Å². The quantitative estimate of drug-likeness (QED) is 0.388. The Labute approximate surface area is 186 Å². The van der Waals surface area contributed by atoms with Gasteiger partial charge >= 0.3 is 0 Å². The van der Waals surface area contributed by atoms with Gasteiger partial charge in [0.05, 0.1) is 6.20 Å². The summed E-state index contributed by atoms with van der Waals surface area (Å²) >= 11 is 5.20. The Kier molecular flexibility index (Phi) is 5.44. The second-order valence-corrected chi connectivity index (χ2v) is 8.35. The lowest BCUT2D eigenvalue weighted by molar-refractivity contribution is 0.0707. The third kappa shape index (κ3) is 4.06. The predicted molar refractivity (Wildman–Crippen MR) is 128 cm³/mol. The molecule has 0 radical (unpaired) electrons. The van der Waals surface area contributed by atoms with Gasteiger partial charge in [0.1, 0.15) is 10.8 Å². The lowest BCUT2D eigenvalue weighted by Gasteiger charge is -2.24. The molecular weight excluding hydrogens is 406 g/mol. The highest BCUT2D eigenvalue weighted by Crippen LogP contribution is 2.36. The van der Waals surface area contributed by atoms with E-state index in [1.165, 1.54) is 22.0 Å². The number of ether oxygens (including phenoxy) is 1. The molecule has 31 heavy (non-hydrogen) atoms. The van der Waals surface area contributed by atoms with Gasteiger partial charge in [-0.1, -0.05) is 42.5 Å². The van der Waals surface area contributed by atoms with Crippen molar-refractivity contribution in [3.05, 3.63) is 72.1 Å². The maximum absolute atomic E-state index is 5.89. The van der Waals surface area contributed by atoms with Crippen LogP contribution in [0.5, 0.6) is 0 Å². The molecule has 1 aliphatic rings. The summed E-state index contributed by atoms with van der Waals surface area (Å²) in [6, 6.07) is 17.2. The van der Waals surface area contributed by atoms with Crippen LogP contribution < -0.4 is 11.1 Å². The second-order valence-electron chi connectivity index (χ2n) is 7.91. The molecule has 0 bridgehead atoms. The van der Waals surface area contributed by atoms with Gasteiger partial charge in [-0.15, -0.1) is 0 Å². The van der Waals surface area contributed by atoms with Crippen molar-refractivity contribution in [3.8, 4) is 11.1 Å². The van der Waals surface area contributed by atoms with E-state index in [1.54, 1.807) is 6.20 Å².